The van der Waals surface area contributed by atoms with Gasteiger partial charge in [0.05, 0.1) is 31.2 Å². The van der Waals surface area contributed by atoms with Gasteiger partial charge in [-0.15, -0.1) is 0 Å². The molecule has 2 N–H and O–H groups in total. The lowest BCUT2D eigenvalue weighted by Gasteiger charge is -2.22. The van der Waals surface area contributed by atoms with Gasteiger partial charge in [-0.3, -0.25) is 9.59 Å². The van der Waals surface area contributed by atoms with Crippen LogP contribution in [0.3, 0.4) is 0 Å². The molecule has 0 amide bonds. The van der Waals surface area contributed by atoms with E-state index in [4.69, 9.17) is 9.47 Å². The van der Waals surface area contributed by atoms with Gasteiger partial charge in [0.2, 0.25) is 0 Å². The molecule has 1 aliphatic carbocycles. The van der Waals surface area contributed by atoms with Gasteiger partial charge in [-0.25, -0.2) is 4.79 Å². The van der Waals surface area contributed by atoms with E-state index in [1.807, 2.05) is 18.3 Å². The molecule has 1 atom stereocenters. The fourth-order valence-corrected chi connectivity index (χ4v) is 3.23. The highest BCUT2D eigenvalue weighted by Crippen LogP contribution is 2.29. The second-order valence-corrected chi connectivity index (χ2v) is 6.20. The van der Waals surface area contributed by atoms with Gasteiger partial charge in [0.1, 0.15) is 0 Å². The summed E-state index contributed by atoms with van der Waals surface area (Å²) >= 11 is 0. The van der Waals surface area contributed by atoms with Crippen molar-refractivity contribution in [3.8, 4) is 0 Å². The number of H-pyrrole nitrogens is 1. The molecule has 1 aromatic heterocycles. The number of Topliss-reactive ketones (excluding diaryl/α,β-unsaturated/α-hetero) is 1. The van der Waals surface area contributed by atoms with E-state index in [0.717, 1.165) is 16.5 Å². The predicted octanol–water partition coefficient (Wildman–Crippen LogP) is 2.27. The van der Waals surface area contributed by atoms with Crippen molar-refractivity contribution in [1.82, 2.24) is 10.3 Å². The third-order valence-corrected chi connectivity index (χ3v) is 4.43. The van der Waals surface area contributed by atoms with Crippen LogP contribution < -0.4 is 5.32 Å². The zero-order chi connectivity index (χ0) is 19.4. The molecule has 27 heavy (non-hydrogen) atoms. The summed E-state index contributed by atoms with van der Waals surface area (Å²) in [6.45, 7) is 3.80. The van der Waals surface area contributed by atoms with Crippen LogP contribution in [0.4, 0.5) is 0 Å². The number of benzene rings is 1. The van der Waals surface area contributed by atoms with Gasteiger partial charge in [-0.2, -0.15) is 0 Å². The van der Waals surface area contributed by atoms with E-state index in [0.29, 0.717) is 12.0 Å². The zero-order valence-electron chi connectivity index (χ0n) is 15.3. The molecule has 0 bridgehead atoms. The van der Waals surface area contributed by atoms with Crippen molar-refractivity contribution in [2.75, 3.05) is 13.2 Å². The molecule has 0 fully saturated rings. The van der Waals surface area contributed by atoms with Crippen LogP contribution in [0, 0.1) is 0 Å². The third kappa shape index (κ3) is 3.86. The largest absolute Gasteiger partial charge is 0.466 e. The van der Waals surface area contributed by atoms with Gasteiger partial charge in [0.15, 0.2) is 5.78 Å². The number of carbonyl (C=O) groups excluding carboxylic acids is 3. The highest BCUT2D eigenvalue weighted by atomic mass is 16.5. The Labute approximate surface area is 156 Å². The lowest BCUT2D eigenvalue weighted by molar-refractivity contribution is -0.145. The molecule has 1 unspecified atom stereocenters. The Bertz CT molecular complexity index is 912. The fourth-order valence-electron chi connectivity index (χ4n) is 3.23. The van der Waals surface area contributed by atoms with Crippen molar-refractivity contribution in [1.29, 1.82) is 0 Å². The summed E-state index contributed by atoms with van der Waals surface area (Å²) in [5, 5.41) is 3.94. The number of rotatable bonds is 7. The fraction of sp³-hybridized carbons (Fsp3) is 0.350. The minimum absolute atomic E-state index is 0.0525. The topological polar surface area (TPSA) is 97.5 Å². The van der Waals surface area contributed by atoms with E-state index >= 15 is 0 Å². The number of aromatic amines is 1. The van der Waals surface area contributed by atoms with Gasteiger partial charge in [0.25, 0.3) is 0 Å². The first kappa shape index (κ1) is 18.7. The molecule has 1 aromatic carbocycles. The standard InChI is InChI=1S/C20H22N2O5/c1-3-26-17(23)9-13(20(25)27-4-2)11-22-16-8-12-10-21-15-7-5-6-14(18(12)15)19(16)24/h5-7,10-11,16,21-22H,3-4,8-9H2,1-2H3/b13-11-. The summed E-state index contributed by atoms with van der Waals surface area (Å²) in [6, 6.07) is 5.04. The van der Waals surface area contributed by atoms with Gasteiger partial charge in [0, 0.05) is 35.3 Å². The Hall–Kier alpha value is -3.09. The van der Waals surface area contributed by atoms with Crippen LogP contribution in [0.1, 0.15) is 36.2 Å². The highest BCUT2D eigenvalue weighted by Gasteiger charge is 2.29. The van der Waals surface area contributed by atoms with Crippen LogP contribution in [-0.2, 0) is 25.5 Å². The minimum Gasteiger partial charge on any atom is -0.466 e. The van der Waals surface area contributed by atoms with E-state index in [9.17, 15) is 14.4 Å². The molecule has 0 saturated carbocycles. The molecule has 2 aromatic rings. The van der Waals surface area contributed by atoms with Crippen LogP contribution in [0.5, 0.6) is 0 Å². The Kier molecular flexibility index (Phi) is 5.59. The normalized spacial score (nSPS) is 16.3. The second kappa shape index (κ2) is 8.07. The molecule has 7 heteroatoms. The van der Waals surface area contributed by atoms with Crippen molar-refractivity contribution in [3.63, 3.8) is 0 Å². The maximum absolute atomic E-state index is 12.8. The Morgan fingerprint density at radius 1 is 1.26 bits per heavy atom. The smallest absolute Gasteiger partial charge is 0.336 e. The van der Waals surface area contributed by atoms with E-state index in [1.165, 1.54) is 6.20 Å². The number of aromatic nitrogens is 1. The molecule has 142 valence electrons. The highest BCUT2D eigenvalue weighted by molar-refractivity contribution is 6.13. The van der Waals surface area contributed by atoms with Crippen molar-refractivity contribution in [2.45, 2.75) is 32.7 Å². The maximum Gasteiger partial charge on any atom is 0.336 e. The molecule has 7 nitrogen and oxygen atoms in total. The van der Waals surface area contributed by atoms with Gasteiger partial charge in [-0.1, -0.05) is 12.1 Å². The molecule has 3 rings (SSSR count). The van der Waals surface area contributed by atoms with Crippen molar-refractivity contribution < 1.29 is 23.9 Å². The molecule has 0 saturated heterocycles. The summed E-state index contributed by atoms with van der Waals surface area (Å²) in [7, 11) is 0. The predicted molar refractivity (Wildman–Crippen MR) is 99.2 cm³/mol. The van der Waals surface area contributed by atoms with Gasteiger partial charge >= 0.3 is 11.9 Å². The van der Waals surface area contributed by atoms with Gasteiger partial charge in [-0.05, 0) is 25.5 Å². The minimum atomic E-state index is -0.606. The SMILES string of the molecule is CCOC(=O)C/C(=C/NC1Cc2c[nH]c3cccc(c23)C1=O)C(=O)OCC. The maximum atomic E-state index is 12.8. The number of hydrogen-bond donors (Lipinski definition) is 2. The monoisotopic (exact) mass is 370 g/mol. The molecule has 1 heterocycles. The molecule has 1 aliphatic rings. The summed E-state index contributed by atoms with van der Waals surface area (Å²) in [4.78, 5) is 39.9. The van der Waals surface area contributed by atoms with Crippen LogP contribution in [0.2, 0.25) is 0 Å². The van der Waals surface area contributed by atoms with Crippen molar-refractivity contribution in [3.05, 3.63) is 47.3 Å². The average Bonchev–Trinajstić information content (AvgIpc) is 3.06. The number of esters is 2. The average molecular weight is 370 g/mol. The number of hydrogen-bond acceptors (Lipinski definition) is 6. The molecule has 0 radical (unpaired) electrons. The first-order valence-corrected chi connectivity index (χ1v) is 8.96. The van der Waals surface area contributed by atoms with Crippen LogP contribution in [-0.4, -0.2) is 42.0 Å². The number of nitrogens with one attached hydrogen (secondary N) is 2. The molecule has 0 aliphatic heterocycles. The van der Waals surface area contributed by atoms with Crippen LogP contribution >= 0.6 is 0 Å². The Morgan fingerprint density at radius 3 is 2.78 bits per heavy atom. The van der Waals surface area contributed by atoms with E-state index in [-0.39, 0.29) is 31.0 Å². The Morgan fingerprint density at radius 2 is 2.04 bits per heavy atom. The zero-order valence-corrected chi connectivity index (χ0v) is 15.3. The number of ketones is 1. The lowest BCUT2D eigenvalue weighted by atomic mass is 9.88. The first-order chi connectivity index (χ1) is 13.0. The van der Waals surface area contributed by atoms with E-state index < -0.39 is 18.0 Å². The lowest BCUT2D eigenvalue weighted by Crippen LogP contribution is -2.38. The summed E-state index contributed by atoms with van der Waals surface area (Å²) in [5.41, 5.74) is 2.73. The Balaban J connectivity index is 1.80. The van der Waals surface area contributed by atoms with Crippen molar-refractivity contribution in [2.24, 2.45) is 0 Å². The third-order valence-electron chi connectivity index (χ3n) is 4.43. The summed E-state index contributed by atoms with van der Waals surface area (Å²) in [6.07, 6.45) is 3.56. The molecule has 0 spiro atoms. The summed E-state index contributed by atoms with van der Waals surface area (Å²) in [5.74, 6) is -1.18. The van der Waals surface area contributed by atoms with Gasteiger partial charge < -0.3 is 19.8 Å². The van der Waals surface area contributed by atoms with E-state index in [2.05, 4.69) is 10.3 Å². The van der Waals surface area contributed by atoms with Crippen molar-refractivity contribution >= 4 is 28.6 Å². The number of ether oxygens (including phenoxy) is 2. The molecular weight excluding hydrogens is 348 g/mol. The van der Waals surface area contributed by atoms with E-state index in [1.54, 1.807) is 19.9 Å². The quantitative estimate of drug-likeness (QED) is 0.573. The van der Waals surface area contributed by atoms with Crippen LogP contribution in [0.15, 0.2) is 36.2 Å². The molecular formula is C20H22N2O5. The van der Waals surface area contributed by atoms with Crippen LogP contribution in [0.25, 0.3) is 10.9 Å². The number of carbonyl (C=O) groups is 3. The first-order valence-electron chi connectivity index (χ1n) is 8.96. The second-order valence-electron chi connectivity index (χ2n) is 6.20. The summed E-state index contributed by atoms with van der Waals surface area (Å²) < 4.78 is 9.90.